The van der Waals surface area contributed by atoms with Crippen LogP contribution >= 0.6 is 0 Å². The molecule has 7 rings (SSSR count). The molecule has 0 saturated heterocycles. The van der Waals surface area contributed by atoms with Gasteiger partial charge in [-0.2, -0.15) is 0 Å². The number of pyridine rings is 2. The third-order valence-electron chi connectivity index (χ3n) is 7.07. The van der Waals surface area contributed by atoms with E-state index in [4.69, 9.17) is 4.42 Å². The van der Waals surface area contributed by atoms with Gasteiger partial charge in [-0.05, 0) is 39.8 Å². The maximum Gasteiger partial charge on any atom is 0.121 e. The third-order valence-corrected chi connectivity index (χ3v) is 9.09. The van der Waals surface area contributed by atoms with Gasteiger partial charge in [0.25, 0.3) is 0 Å². The van der Waals surface area contributed by atoms with E-state index < -0.39 is 8.07 Å². The molecule has 0 saturated carbocycles. The summed E-state index contributed by atoms with van der Waals surface area (Å²) in [5, 5.41) is 3.60. The van der Waals surface area contributed by atoms with Crippen LogP contribution in [0.25, 0.3) is 55.6 Å². The third kappa shape index (κ3) is 6.50. The summed E-state index contributed by atoms with van der Waals surface area (Å²) < 4.78 is 6.05. The second kappa shape index (κ2) is 12.8. The van der Waals surface area contributed by atoms with Gasteiger partial charge in [0.05, 0.1) is 13.7 Å². The standard InChI is InChI=1S/C23H14NO.C14H16NSi.Ir/c1-2-6-16(7-3-1)17-9-11-19-20-14-18(21-8-4-5-13-24-21)10-12-22(20)25-23(19)15-17;1-16(2,3)13-9-10-14(15-11-13)12-7-5-4-6-8-12;/h1-9,11-15H;4-7,9-11H,1-3H3;/q2*-1;. The average Bonchev–Trinajstić information content (AvgIpc) is 3.39. The maximum atomic E-state index is 6.05. The Bertz CT molecular complexity index is 1900. The van der Waals surface area contributed by atoms with Gasteiger partial charge in [0.15, 0.2) is 0 Å². The Labute approximate surface area is 261 Å². The zero-order valence-electron chi connectivity index (χ0n) is 23.8. The predicted octanol–water partition coefficient (Wildman–Crippen LogP) is 9.21. The summed E-state index contributed by atoms with van der Waals surface area (Å²) in [7, 11) is -1.23. The van der Waals surface area contributed by atoms with Gasteiger partial charge in [-0.1, -0.05) is 91.8 Å². The van der Waals surface area contributed by atoms with Crippen molar-refractivity contribution in [1.29, 1.82) is 0 Å². The molecule has 4 aromatic carbocycles. The second-order valence-corrected chi connectivity index (χ2v) is 16.1. The van der Waals surface area contributed by atoms with E-state index in [1.54, 1.807) is 6.20 Å². The summed E-state index contributed by atoms with van der Waals surface area (Å²) in [6.07, 6.45) is 3.81. The van der Waals surface area contributed by atoms with Crippen molar-refractivity contribution < 1.29 is 24.5 Å². The van der Waals surface area contributed by atoms with Gasteiger partial charge in [0, 0.05) is 37.9 Å². The SMILES string of the molecule is C[Si](C)(C)c1ccc(-c2[c-]cccc2)nc1.[Ir].[c-]1cc2oc3cc(-c4ccccc4)ccc3c2cc1-c1ccccn1. The molecule has 3 nitrogen and oxygen atoms in total. The molecule has 1 radical (unpaired) electrons. The molecule has 209 valence electrons. The van der Waals surface area contributed by atoms with Crippen molar-refractivity contribution in [2.45, 2.75) is 19.6 Å². The number of rotatable bonds is 4. The van der Waals surface area contributed by atoms with E-state index in [9.17, 15) is 0 Å². The van der Waals surface area contributed by atoms with Crippen molar-refractivity contribution in [2.24, 2.45) is 0 Å². The first-order chi connectivity index (χ1) is 20.0. The molecule has 7 aromatic rings. The number of benzene rings is 4. The Morgan fingerprint density at radius 2 is 1.40 bits per heavy atom. The quantitative estimate of drug-likeness (QED) is 0.134. The van der Waals surface area contributed by atoms with Crippen LogP contribution in [0.4, 0.5) is 0 Å². The Morgan fingerprint density at radius 3 is 2.10 bits per heavy atom. The van der Waals surface area contributed by atoms with Crippen LogP contribution in [0.1, 0.15) is 0 Å². The largest absolute Gasteiger partial charge is 0.500 e. The van der Waals surface area contributed by atoms with E-state index in [2.05, 4.69) is 90.3 Å². The second-order valence-electron chi connectivity index (χ2n) is 11.0. The summed E-state index contributed by atoms with van der Waals surface area (Å²) in [6.45, 7) is 7.00. The van der Waals surface area contributed by atoms with Crippen LogP contribution in [0, 0.1) is 12.1 Å². The van der Waals surface area contributed by atoms with E-state index in [1.807, 2.05) is 72.9 Å². The van der Waals surface area contributed by atoms with Crippen LogP contribution in [0.2, 0.25) is 19.6 Å². The van der Waals surface area contributed by atoms with E-state index in [0.717, 1.165) is 50.0 Å². The molecule has 42 heavy (non-hydrogen) atoms. The Balaban J connectivity index is 0.000000181. The molecule has 0 aliphatic heterocycles. The average molecular weight is 739 g/mol. The monoisotopic (exact) mass is 739 g/mol. The number of nitrogens with zero attached hydrogens (tertiary/aromatic N) is 2. The molecule has 0 unspecified atom stereocenters. The molecular formula is C37H30IrN2OSi-2. The van der Waals surface area contributed by atoms with Crippen LogP contribution < -0.4 is 5.19 Å². The van der Waals surface area contributed by atoms with E-state index >= 15 is 0 Å². The number of aromatic nitrogens is 2. The van der Waals surface area contributed by atoms with Gasteiger partial charge in [-0.3, -0.25) is 0 Å². The molecule has 3 heterocycles. The van der Waals surface area contributed by atoms with Crippen molar-refractivity contribution in [3.05, 3.63) is 140 Å². The maximum absolute atomic E-state index is 6.05. The fraction of sp³-hybridized carbons (Fsp3) is 0.0811. The summed E-state index contributed by atoms with van der Waals surface area (Å²) in [5.41, 5.74) is 8.03. The fourth-order valence-corrected chi connectivity index (χ4v) is 5.79. The van der Waals surface area contributed by atoms with Crippen molar-refractivity contribution in [3.8, 4) is 33.6 Å². The summed E-state index contributed by atoms with van der Waals surface area (Å²) in [5.74, 6) is 0. The van der Waals surface area contributed by atoms with Gasteiger partial charge in [0.2, 0.25) is 0 Å². The molecule has 5 heteroatoms. The normalized spacial score (nSPS) is 11.0. The van der Waals surface area contributed by atoms with Crippen molar-refractivity contribution in [3.63, 3.8) is 0 Å². The zero-order chi connectivity index (χ0) is 28.2. The van der Waals surface area contributed by atoms with Crippen molar-refractivity contribution in [1.82, 2.24) is 9.97 Å². The molecule has 0 N–H and O–H groups in total. The summed E-state index contributed by atoms with van der Waals surface area (Å²) in [4.78, 5) is 8.93. The van der Waals surface area contributed by atoms with Crippen LogP contribution in [0.3, 0.4) is 0 Å². The van der Waals surface area contributed by atoms with E-state index in [0.29, 0.717) is 0 Å². The topological polar surface area (TPSA) is 38.9 Å². The van der Waals surface area contributed by atoms with Gasteiger partial charge >= 0.3 is 0 Å². The smallest absolute Gasteiger partial charge is 0.121 e. The first kappa shape index (κ1) is 29.3. The van der Waals surface area contributed by atoms with Crippen molar-refractivity contribution >= 4 is 35.2 Å². The minimum absolute atomic E-state index is 0. The summed E-state index contributed by atoms with van der Waals surface area (Å²) >= 11 is 0. The van der Waals surface area contributed by atoms with Crippen LogP contribution in [0.15, 0.2) is 132 Å². The molecule has 0 bridgehead atoms. The molecular weight excluding hydrogens is 709 g/mol. The van der Waals surface area contributed by atoms with Gasteiger partial charge in [-0.25, -0.2) is 0 Å². The Kier molecular flexibility index (Phi) is 8.93. The molecule has 3 aromatic heterocycles. The van der Waals surface area contributed by atoms with E-state index in [-0.39, 0.29) is 20.1 Å². The van der Waals surface area contributed by atoms with Gasteiger partial charge in [0.1, 0.15) is 5.58 Å². The zero-order valence-corrected chi connectivity index (χ0v) is 27.2. The first-order valence-electron chi connectivity index (χ1n) is 13.7. The molecule has 0 atom stereocenters. The van der Waals surface area contributed by atoms with Crippen LogP contribution in [0.5, 0.6) is 0 Å². The molecule has 0 amide bonds. The fourth-order valence-electron chi connectivity index (χ4n) is 4.75. The number of hydrogen-bond donors (Lipinski definition) is 0. The van der Waals surface area contributed by atoms with Gasteiger partial charge in [-0.15, -0.1) is 59.7 Å². The predicted molar refractivity (Wildman–Crippen MR) is 173 cm³/mol. The molecule has 0 fully saturated rings. The number of fused-ring (bicyclic) bond motifs is 3. The molecule has 0 spiro atoms. The minimum Gasteiger partial charge on any atom is -0.500 e. The van der Waals surface area contributed by atoms with Gasteiger partial charge < -0.3 is 14.4 Å². The molecule has 0 aliphatic carbocycles. The van der Waals surface area contributed by atoms with Crippen molar-refractivity contribution in [2.75, 3.05) is 0 Å². The number of furan rings is 1. The van der Waals surface area contributed by atoms with E-state index in [1.165, 1.54) is 10.8 Å². The summed E-state index contributed by atoms with van der Waals surface area (Å²) in [6, 6.07) is 45.3. The molecule has 0 aliphatic rings. The Morgan fingerprint density at radius 1 is 0.619 bits per heavy atom. The Hall–Kier alpha value is -4.15. The van der Waals surface area contributed by atoms with Crippen LogP contribution in [-0.2, 0) is 20.1 Å². The number of hydrogen-bond acceptors (Lipinski definition) is 3. The van der Waals surface area contributed by atoms with Crippen LogP contribution in [-0.4, -0.2) is 18.0 Å². The minimum atomic E-state index is -1.23. The first-order valence-corrected chi connectivity index (χ1v) is 17.2.